The lowest BCUT2D eigenvalue weighted by molar-refractivity contribution is -0.140. The van der Waals surface area contributed by atoms with E-state index in [2.05, 4.69) is 23.9 Å². The molecule has 0 bridgehead atoms. The highest BCUT2D eigenvalue weighted by Gasteiger charge is 1.98. The molecule has 0 aromatic heterocycles. The molecule has 1 N–H and O–H groups in total. The molecule has 138 valence electrons. The summed E-state index contributed by atoms with van der Waals surface area (Å²) in [5.74, 6) is 0.746. The molecule has 0 spiro atoms. The minimum Gasteiger partial charge on any atom is -0.469 e. The second-order valence-electron chi connectivity index (χ2n) is 7.15. The fraction of sp³-hybridized carbons (Fsp3) is 0.950. The zero-order chi connectivity index (χ0) is 17.2. The van der Waals surface area contributed by atoms with Crippen LogP contribution in [0.25, 0.3) is 0 Å². The lowest BCUT2D eigenvalue weighted by atomic mass is 10.0. The lowest BCUT2D eigenvalue weighted by Gasteiger charge is -2.05. The van der Waals surface area contributed by atoms with Crippen molar-refractivity contribution in [3.05, 3.63) is 0 Å². The van der Waals surface area contributed by atoms with E-state index >= 15 is 0 Å². The predicted molar refractivity (Wildman–Crippen MR) is 99.7 cm³/mol. The van der Waals surface area contributed by atoms with Gasteiger partial charge in [0.25, 0.3) is 0 Å². The second kappa shape index (κ2) is 17.8. The summed E-state index contributed by atoms with van der Waals surface area (Å²) in [4.78, 5) is 10.9. The zero-order valence-electron chi connectivity index (χ0n) is 16.0. The standard InChI is InChI=1S/C20H41NO2/c1-19(2)15-13-11-9-7-5-4-6-8-10-12-14-17-21-18-16-20(22)23-3/h19,21H,4-18H2,1-3H3. The number of unbranched alkanes of at least 4 members (excludes halogenated alkanes) is 10. The first-order valence-corrected chi connectivity index (χ1v) is 9.94. The summed E-state index contributed by atoms with van der Waals surface area (Å²) in [6.45, 7) is 6.40. The molecule has 0 atom stereocenters. The summed E-state index contributed by atoms with van der Waals surface area (Å²) in [7, 11) is 1.44. The van der Waals surface area contributed by atoms with Gasteiger partial charge < -0.3 is 10.1 Å². The van der Waals surface area contributed by atoms with E-state index in [-0.39, 0.29) is 5.97 Å². The van der Waals surface area contributed by atoms with Crippen molar-refractivity contribution in [3.63, 3.8) is 0 Å². The molecule has 3 nitrogen and oxygen atoms in total. The molecule has 0 aromatic carbocycles. The number of carbonyl (C=O) groups excluding carboxylic acids is 1. The van der Waals surface area contributed by atoms with Crippen molar-refractivity contribution in [2.75, 3.05) is 20.2 Å². The minimum absolute atomic E-state index is 0.127. The molecule has 0 unspecified atom stereocenters. The van der Waals surface area contributed by atoms with Gasteiger partial charge in [0, 0.05) is 6.54 Å². The Morgan fingerprint density at radius 2 is 1.26 bits per heavy atom. The van der Waals surface area contributed by atoms with Gasteiger partial charge in [0.15, 0.2) is 0 Å². The van der Waals surface area contributed by atoms with Gasteiger partial charge >= 0.3 is 5.97 Å². The fourth-order valence-corrected chi connectivity index (χ4v) is 2.81. The Morgan fingerprint density at radius 1 is 0.783 bits per heavy atom. The van der Waals surface area contributed by atoms with Gasteiger partial charge in [-0.2, -0.15) is 0 Å². The third kappa shape index (κ3) is 19.4. The van der Waals surface area contributed by atoms with E-state index in [1.54, 1.807) is 0 Å². The van der Waals surface area contributed by atoms with Gasteiger partial charge in [0.05, 0.1) is 13.5 Å². The third-order valence-corrected chi connectivity index (χ3v) is 4.37. The molecule has 0 fully saturated rings. The maximum absolute atomic E-state index is 10.9. The fourth-order valence-electron chi connectivity index (χ4n) is 2.81. The van der Waals surface area contributed by atoms with Crippen LogP contribution in [-0.4, -0.2) is 26.2 Å². The van der Waals surface area contributed by atoms with Crippen LogP contribution in [0.15, 0.2) is 0 Å². The Labute approximate surface area is 144 Å². The molecule has 23 heavy (non-hydrogen) atoms. The van der Waals surface area contributed by atoms with Crippen LogP contribution >= 0.6 is 0 Å². The maximum Gasteiger partial charge on any atom is 0.306 e. The summed E-state index contributed by atoms with van der Waals surface area (Å²) in [6.07, 6.45) is 17.1. The normalized spacial score (nSPS) is 11.1. The minimum atomic E-state index is -0.127. The van der Waals surface area contributed by atoms with Gasteiger partial charge in [-0.3, -0.25) is 4.79 Å². The summed E-state index contributed by atoms with van der Waals surface area (Å²) >= 11 is 0. The van der Waals surface area contributed by atoms with E-state index in [1.165, 1.54) is 84.2 Å². The predicted octanol–water partition coefficient (Wildman–Crippen LogP) is 5.48. The van der Waals surface area contributed by atoms with Gasteiger partial charge in [-0.15, -0.1) is 0 Å². The van der Waals surface area contributed by atoms with Gasteiger partial charge in [0.1, 0.15) is 0 Å². The average molecular weight is 328 g/mol. The Hall–Kier alpha value is -0.570. The van der Waals surface area contributed by atoms with E-state index in [0.717, 1.165) is 19.0 Å². The van der Waals surface area contributed by atoms with Crippen LogP contribution < -0.4 is 5.32 Å². The molecule has 0 saturated heterocycles. The van der Waals surface area contributed by atoms with Crippen LogP contribution in [-0.2, 0) is 9.53 Å². The Bertz CT molecular complexity index is 254. The molecule has 0 aliphatic carbocycles. The van der Waals surface area contributed by atoms with Gasteiger partial charge in [0.2, 0.25) is 0 Å². The monoisotopic (exact) mass is 327 g/mol. The largest absolute Gasteiger partial charge is 0.469 e. The number of hydrogen-bond acceptors (Lipinski definition) is 3. The van der Waals surface area contributed by atoms with Crippen LogP contribution in [0.3, 0.4) is 0 Å². The van der Waals surface area contributed by atoms with Crippen molar-refractivity contribution in [1.82, 2.24) is 5.32 Å². The van der Waals surface area contributed by atoms with Crippen molar-refractivity contribution < 1.29 is 9.53 Å². The molecular weight excluding hydrogens is 286 g/mol. The van der Waals surface area contributed by atoms with E-state index < -0.39 is 0 Å². The second-order valence-corrected chi connectivity index (χ2v) is 7.15. The highest BCUT2D eigenvalue weighted by molar-refractivity contribution is 5.69. The number of methoxy groups -OCH3 is 1. The number of nitrogens with one attached hydrogen (secondary N) is 1. The van der Waals surface area contributed by atoms with Crippen LogP contribution in [0.4, 0.5) is 0 Å². The maximum atomic E-state index is 10.9. The molecule has 0 heterocycles. The zero-order valence-corrected chi connectivity index (χ0v) is 16.0. The molecule has 0 saturated carbocycles. The molecule has 3 heteroatoms. The summed E-state index contributed by atoms with van der Waals surface area (Å²) in [5.41, 5.74) is 0. The highest BCUT2D eigenvalue weighted by atomic mass is 16.5. The summed E-state index contributed by atoms with van der Waals surface area (Å²) in [5, 5.41) is 3.29. The number of hydrogen-bond donors (Lipinski definition) is 1. The van der Waals surface area contributed by atoms with E-state index in [4.69, 9.17) is 0 Å². The van der Waals surface area contributed by atoms with Gasteiger partial charge in [-0.1, -0.05) is 84.5 Å². The molecule has 0 amide bonds. The van der Waals surface area contributed by atoms with Gasteiger partial charge in [-0.25, -0.2) is 0 Å². The van der Waals surface area contributed by atoms with Crippen LogP contribution in [0.1, 0.15) is 97.3 Å². The number of rotatable bonds is 17. The van der Waals surface area contributed by atoms with E-state index in [1.807, 2.05) is 0 Å². The quantitative estimate of drug-likeness (QED) is 0.284. The Balaban J connectivity index is 3.01. The molecule has 0 radical (unpaired) electrons. The van der Waals surface area contributed by atoms with Crippen molar-refractivity contribution in [3.8, 4) is 0 Å². The molecular formula is C20H41NO2. The molecule has 0 aliphatic heterocycles. The number of esters is 1. The SMILES string of the molecule is COC(=O)CCNCCCCCCCCCCCCCC(C)C. The van der Waals surface area contributed by atoms with Crippen molar-refractivity contribution >= 4 is 5.97 Å². The first-order chi connectivity index (χ1) is 11.2. The molecule has 0 aromatic rings. The highest BCUT2D eigenvalue weighted by Crippen LogP contribution is 2.13. The first-order valence-electron chi connectivity index (χ1n) is 9.94. The Kier molecular flexibility index (Phi) is 17.3. The molecule has 0 aliphatic rings. The van der Waals surface area contributed by atoms with Crippen LogP contribution in [0, 0.1) is 5.92 Å². The average Bonchev–Trinajstić information content (AvgIpc) is 2.53. The lowest BCUT2D eigenvalue weighted by Crippen LogP contribution is -2.19. The smallest absolute Gasteiger partial charge is 0.306 e. The third-order valence-electron chi connectivity index (χ3n) is 4.37. The summed E-state index contributed by atoms with van der Waals surface area (Å²) in [6, 6.07) is 0. The van der Waals surface area contributed by atoms with Crippen LogP contribution in [0.5, 0.6) is 0 Å². The topological polar surface area (TPSA) is 38.3 Å². The molecule has 0 rings (SSSR count). The van der Waals surface area contributed by atoms with E-state index in [0.29, 0.717) is 6.42 Å². The number of ether oxygens (including phenoxy) is 1. The number of carbonyl (C=O) groups is 1. The van der Waals surface area contributed by atoms with Gasteiger partial charge in [-0.05, 0) is 18.9 Å². The van der Waals surface area contributed by atoms with E-state index in [9.17, 15) is 4.79 Å². The van der Waals surface area contributed by atoms with Crippen molar-refractivity contribution in [2.45, 2.75) is 97.3 Å². The van der Waals surface area contributed by atoms with Crippen LogP contribution in [0.2, 0.25) is 0 Å². The first kappa shape index (κ1) is 22.4. The van der Waals surface area contributed by atoms with Crippen molar-refractivity contribution in [2.24, 2.45) is 5.92 Å². The van der Waals surface area contributed by atoms with Crippen molar-refractivity contribution in [1.29, 1.82) is 0 Å². The Morgan fingerprint density at radius 3 is 1.74 bits per heavy atom. The summed E-state index contributed by atoms with van der Waals surface area (Å²) < 4.78 is 4.60.